The van der Waals surface area contributed by atoms with Crippen molar-refractivity contribution in [3.63, 3.8) is 0 Å². The van der Waals surface area contributed by atoms with E-state index in [4.69, 9.17) is 9.47 Å². The van der Waals surface area contributed by atoms with Gasteiger partial charge in [-0.2, -0.15) is 0 Å². The van der Waals surface area contributed by atoms with Crippen LogP contribution in [-0.2, 0) is 23.9 Å². The number of aliphatic carboxylic acids is 1. The van der Waals surface area contributed by atoms with E-state index >= 15 is 0 Å². The highest BCUT2D eigenvalue weighted by Crippen LogP contribution is 2.36. The van der Waals surface area contributed by atoms with Crippen LogP contribution < -0.4 is 10.6 Å². The van der Waals surface area contributed by atoms with Gasteiger partial charge in [-0.3, -0.25) is 14.4 Å². The SMILES string of the molecule is CCCCCCCCCCC(CCCCCCCCCC)C(=O)N[C@H]1CCCC[C@H]1C(CNC(=O)C1OC(C)(C)OCC1(C)C)C(=O)O. The Morgan fingerprint density at radius 1 is 0.750 bits per heavy atom. The highest BCUT2D eigenvalue weighted by atomic mass is 16.7. The van der Waals surface area contributed by atoms with Crippen molar-refractivity contribution in [2.75, 3.05) is 13.2 Å². The molecule has 2 unspecified atom stereocenters. The zero-order valence-corrected chi connectivity index (χ0v) is 31.8. The van der Waals surface area contributed by atoms with Crippen LogP contribution in [0.2, 0.25) is 0 Å². The number of unbranched alkanes of at least 4 members (excludes halogenated alkanes) is 14. The summed E-state index contributed by atoms with van der Waals surface area (Å²) in [6.45, 7) is 12.3. The number of amides is 2. The lowest BCUT2D eigenvalue weighted by Crippen LogP contribution is -2.57. The fraction of sp³-hybridized carbons (Fsp3) is 0.925. The highest BCUT2D eigenvalue weighted by molar-refractivity contribution is 5.82. The molecule has 8 heteroatoms. The quantitative estimate of drug-likeness (QED) is 0.0830. The Balaban J connectivity index is 1.99. The average Bonchev–Trinajstić information content (AvgIpc) is 3.04. The van der Waals surface area contributed by atoms with Crippen molar-refractivity contribution in [3.8, 4) is 0 Å². The highest BCUT2D eigenvalue weighted by Gasteiger charge is 2.46. The van der Waals surface area contributed by atoms with Gasteiger partial charge in [0.2, 0.25) is 11.8 Å². The number of rotatable bonds is 25. The van der Waals surface area contributed by atoms with Crippen LogP contribution in [0.25, 0.3) is 0 Å². The third-order valence-electron chi connectivity index (χ3n) is 10.8. The van der Waals surface area contributed by atoms with E-state index in [1.807, 2.05) is 13.8 Å². The van der Waals surface area contributed by atoms with Crippen molar-refractivity contribution in [3.05, 3.63) is 0 Å². The average molecular weight is 679 g/mol. The van der Waals surface area contributed by atoms with E-state index < -0.39 is 29.2 Å². The molecule has 2 fully saturated rings. The molecule has 0 aromatic carbocycles. The molecule has 0 aromatic rings. The Kier molecular flexibility index (Phi) is 20.3. The number of carbonyl (C=O) groups excluding carboxylic acids is 2. The molecule has 1 saturated carbocycles. The fourth-order valence-electron chi connectivity index (χ4n) is 7.62. The maximum absolute atomic E-state index is 13.9. The van der Waals surface area contributed by atoms with Crippen LogP contribution in [-0.4, -0.2) is 54.0 Å². The Bertz CT molecular complexity index is 901. The summed E-state index contributed by atoms with van der Waals surface area (Å²) in [5, 5.41) is 16.6. The molecular formula is C40H74N2O6. The van der Waals surface area contributed by atoms with E-state index in [9.17, 15) is 19.5 Å². The molecule has 1 saturated heterocycles. The third-order valence-corrected chi connectivity index (χ3v) is 10.8. The van der Waals surface area contributed by atoms with Crippen molar-refractivity contribution in [2.24, 2.45) is 23.2 Å². The van der Waals surface area contributed by atoms with E-state index in [-0.39, 0.29) is 36.2 Å². The number of ether oxygens (including phenoxy) is 2. The molecule has 280 valence electrons. The van der Waals surface area contributed by atoms with Crippen molar-refractivity contribution in [1.82, 2.24) is 10.6 Å². The molecule has 48 heavy (non-hydrogen) atoms. The van der Waals surface area contributed by atoms with Crippen molar-refractivity contribution >= 4 is 17.8 Å². The van der Waals surface area contributed by atoms with Gasteiger partial charge in [-0.15, -0.1) is 0 Å². The Morgan fingerprint density at radius 3 is 1.77 bits per heavy atom. The number of carboxylic acid groups (broad SMARTS) is 1. The van der Waals surface area contributed by atoms with Crippen LogP contribution in [0.15, 0.2) is 0 Å². The zero-order chi connectivity index (χ0) is 35.4. The zero-order valence-electron chi connectivity index (χ0n) is 31.8. The van der Waals surface area contributed by atoms with Crippen molar-refractivity contribution < 1.29 is 29.0 Å². The second-order valence-electron chi connectivity index (χ2n) is 16.2. The minimum Gasteiger partial charge on any atom is -0.481 e. The standard InChI is InChI=1S/C40H74N2O6/c1-7-9-11-13-15-17-19-21-25-31(26-22-20-18-16-14-12-10-8-2)36(43)42-34-28-24-23-27-32(34)33(38(45)46)29-41-37(44)35-39(3,4)30-47-40(5,6)48-35/h31-35H,7-30H2,1-6H3,(H,41,44)(H,42,43)(H,45,46)/t32-,33?,34-,35?/m0/s1. The van der Waals surface area contributed by atoms with Gasteiger partial charge in [0.05, 0.1) is 12.5 Å². The molecule has 0 spiro atoms. The van der Waals surface area contributed by atoms with Gasteiger partial charge in [-0.1, -0.05) is 143 Å². The maximum atomic E-state index is 13.9. The molecule has 2 aliphatic rings. The van der Waals surface area contributed by atoms with E-state index in [0.717, 1.165) is 51.4 Å². The first-order valence-corrected chi connectivity index (χ1v) is 20.0. The summed E-state index contributed by atoms with van der Waals surface area (Å²) in [6, 6.07) is -0.196. The number of carboxylic acids is 1. The summed E-state index contributed by atoms with van der Waals surface area (Å²) >= 11 is 0. The van der Waals surface area contributed by atoms with Crippen LogP contribution in [0.4, 0.5) is 0 Å². The molecular weight excluding hydrogens is 604 g/mol. The Hall–Kier alpha value is -1.67. The van der Waals surface area contributed by atoms with E-state index in [2.05, 4.69) is 24.5 Å². The third kappa shape index (κ3) is 15.9. The second kappa shape index (κ2) is 22.9. The molecule has 0 bridgehead atoms. The lowest BCUT2D eigenvalue weighted by Gasteiger charge is -2.45. The molecule has 3 N–H and O–H groups in total. The molecule has 1 aliphatic heterocycles. The van der Waals surface area contributed by atoms with Crippen LogP contribution in [0.1, 0.15) is 183 Å². The molecule has 2 amide bonds. The molecule has 8 nitrogen and oxygen atoms in total. The molecule has 2 rings (SSSR count). The van der Waals surface area contributed by atoms with Crippen LogP contribution in [0.3, 0.4) is 0 Å². The molecule has 4 atom stereocenters. The number of hydrogen-bond acceptors (Lipinski definition) is 5. The monoisotopic (exact) mass is 679 g/mol. The predicted octanol–water partition coefficient (Wildman–Crippen LogP) is 9.33. The lowest BCUT2D eigenvalue weighted by atomic mass is 9.75. The number of carbonyl (C=O) groups is 3. The van der Waals surface area contributed by atoms with Gasteiger partial charge in [-0.25, -0.2) is 0 Å². The topological polar surface area (TPSA) is 114 Å². The molecule has 1 heterocycles. The summed E-state index contributed by atoms with van der Waals surface area (Å²) in [4.78, 5) is 39.8. The number of nitrogens with one attached hydrogen (secondary N) is 2. The van der Waals surface area contributed by atoms with E-state index in [1.54, 1.807) is 13.8 Å². The van der Waals surface area contributed by atoms with Gasteiger partial charge in [-0.05, 0) is 45.4 Å². The molecule has 1 aliphatic carbocycles. The van der Waals surface area contributed by atoms with E-state index in [0.29, 0.717) is 6.61 Å². The fourth-order valence-corrected chi connectivity index (χ4v) is 7.62. The first kappa shape index (κ1) is 42.5. The molecule has 0 radical (unpaired) electrons. The lowest BCUT2D eigenvalue weighted by molar-refractivity contribution is -0.304. The Morgan fingerprint density at radius 2 is 1.25 bits per heavy atom. The van der Waals surface area contributed by atoms with Crippen LogP contribution >= 0.6 is 0 Å². The number of hydrogen-bond donors (Lipinski definition) is 3. The van der Waals surface area contributed by atoms with Crippen LogP contribution in [0.5, 0.6) is 0 Å². The van der Waals surface area contributed by atoms with Crippen LogP contribution in [0, 0.1) is 23.2 Å². The summed E-state index contributed by atoms with van der Waals surface area (Å²) in [7, 11) is 0. The Labute approximate surface area is 294 Å². The molecule has 0 aromatic heterocycles. The second-order valence-corrected chi connectivity index (χ2v) is 16.2. The van der Waals surface area contributed by atoms with Gasteiger partial charge in [0, 0.05) is 23.9 Å². The predicted molar refractivity (Wildman–Crippen MR) is 195 cm³/mol. The van der Waals surface area contributed by atoms with Gasteiger partial charge in [0.1, 0.15) is 6.10 Å². The largest absolute Gasteiger partial charge is 0.481 e. The summed E-state index contributed by atoms with van der Waals surface area (Å²) in [5.74, 6) is -3.06. The summed E-state index contributed by atoms with van der Waals surface area (Å²) < 4.78 is 11.8. The van der Waals surface area contributed by atoms with Gasteiger partial charge < -0.3 is 25.2 Å². The normalized spacial score (nSPS) is 22.7. The first-order chi connectivity index (χ1) is 22.9. The minimum atomic E-state index is -0.927. The summed E-state index contributed by atoms with van der Waals surface area (Å²) in [5.41, 5.74) is -0.543. The van der Waals surface area contributed by atoms with Gasteiger partial charge in [0.15, 0.2) is 5.79 Å². The van der Waals surface area contributed by atoms with Crippen molar-refractivity contribution in [1.29, 1.82) is 0 Å². The maximum Gasteiger partial charge on any atom is 0.308 e. The minimum absolute atomic E-state index is 0.0162. The van der Waals surface area contributed by atoms with Crippen molar-refractivity contribution in [2.45, 2.75) is 201 Å². The van der Waals surface area contributed by atoms with Gasteiger partial charge in [0.25, 0.3) is 0 Å². The first-order valence-electron chi connectivity index (χ1n) is 20.0. The summed E-state index contributed by atoms with van der Waals surface area (Å²) in [6.07, 6.45) is 24.4. The van der Waals surface area contributed by atoms with E-state index in [1.165, 1.54) is 89.9 Å². The smallest absolute Gasteiger partial charge is 0.308 e. The van der Waals surface area contributed by atoms with Gasteiger partial charge >= 0.3 is 5.97 Å².